The van der Waals surface area contributed by atoms with Crippen LogP contribution in [-0.4, -0.2) is 16.9 Å². The topological polar surface area (TPSA) is 42.0 Å². The first-order valence-electron chi connectivity index (χ1n) is 6.05. The van der Waals surface area contributed by atoms with Crippen molar-refractivity contribution in [2.24, 2.45) is 0 Å². The fourth-order valence-corrected chi connectivity index (χ4v) is 1.84. The van der Waals surface area contributed by atoms with Gasteiger partial charge in [-0.2, -0.15) is 0 Å². The first kappa shape index (κ1) is 14.0. The van der Waals surface area contributed by atoms with Crippen molar-refractivity contribution in [3.05, 3.63) is 29.0 Å². The van der Waals surface area contributed by atoms with Gasteiger partial charge >= 0.3 is 0 Å². The second-order valence-corrected chi connectivity index (χ2v) is 4.63. The second-order valence-electron chi connectivity index (χ2n) is 4.23. The Bertz CT molecular complexity index is 368. The zero-order valence-corrected chi connectivity index (χ0v) is 11.1. The predicted molar refractivity (Wildman–Crippen MR) is 70.3 cm³/mol. The third kappa shape index (κ3) is 4.73. The molecule has 1 amide bonds. The molecule has 0 aliphatic heterocycles. The summed E-state index contributed by atoms with van der Waals surface area (Å²) < 4.78 is 0. The number of hydrogen-bond acceptors (Lipinski definition) is 2. The highest BCUT2D eigenvalue weighted by molar-refractivity contribution is 6.33. The maximum absolute atomic E-state index is 11.9. The Balaban J connectivity index is 2.46. The molecular weight excluding hydrogens is 236 g/mol. The summed E-state index contributed by atoms with van der Waals surface area (Å²) in [6.45, 7) is 4.18. The van der Waals surface area contributed by atoms with Gasteiger partial charge in [0, 0.05) is 18.4 Å². The summed E-state index contributed by atoms with van der Waals surface area (Å²) >= 11 is 5.91. The van der Waals surface area contributed by atoms with Crippen LogP contribution in [0.4, 0.5) is 0 Å². The van der Waals surface area contributed by atoms with Crippen molar-refractivity contribution >= 4 is 17.5 Å². The predicted octanol–water partition coefficient (Wildman–Crippen LogP) is 3.43. The van der Waals surface area contributed by atoms with E-state index in [1.54, 1.807) is 12.3 Å². The van der Waals surface area contributed by atoms with E-state index < -0.39 is 0 Å². The molecule has 3 nitrogen and oxygen atoms in total. The van der Waals surface area contributed by atoms with Gasteiger partial charge in [0.2, 0.25) is 0 Å². The summed E-state index contributed by atoms with van der Waals surface area (Å²) in [5.74, 6) is -0.124. The van der Waals surface area contributed by atoms with Gasteiger partial charge in [-0.3, -0.25) is 9.78 Å². The maximum atomic E-state index is 11.9. The van der Waals surface area contributed by atoms with Gasteiger partial charge in [-0.25, -0.2) is 0 Å². The van der Waals surface area contributed by atoms with Crippen LogP contribution in [0, 0.1) is 0 Å². The minimum atomic E-state index is -0.124. The molecule has 17 heavy (non-hydrogen) atoms. The van der Waals surface area contributed by atoms with Crippen molar-refractivity contribution < 1.29 is 4.79 Å². The Morgan fingerprint density at radius 3 is 2.94 bits per heavy atom. The SMILES string of the molecule is CCCCCC(C)NC(=O)c1ccncc1Cl. The molecule has 0 aliphatic rings. The molecule has 1 aromatic heterocycles. The highest BCUT2D eigenvalue weighted by Crippen LogP contribution is 2.13. The van der Waals surface area contributed by atoms with Crippen LogP contribution in [0.5, 0.6) is 0 Å². The molecule has 0 saturated heterocycles. The van der Waals surface area contributed by atoms with Gasteiger partial charge in [-0.05, 0) is 19.4 Å². The number of unbranched alkanes of at least 4 members (excludes halogenated alkanes) is 2. The summed E-state index contributed by atoms with van der Waals surface area (Å²) in [7, 11) is 0. The van der Waals surface area contributed by atoms with E-state index in [4.69, 9.17) is 11.6 Å². The van der Waals surface area contributed by atoms with Gasteiger partial charge in [0.25, 0.3) is 5.91 Å². The van der Waals surface area contributed by atoms with Crippen LogP contribution in [0.15, 0.2) is 18.5 Å². The van der Waals surface area contributed by atoms with Gasteiger partial charge in [-0.15, -0.1) is 0 Å². The van der Waals surface area contributed by atoms with Crippen LogP contribution < -0.4 is 5.32 Å². The molecule has 0 fully saturated rings. The van der Waals surface area contributed by atoms with E-state index in [0.717, 1.165) is 12.8 Å². The van der Waals surface area contributed by atoms with Gasteiger partial charge in [0.15, 0.2) is 0 Å². The number of rotatable bonds is 6. The number of halogens is 1. The molecule has 1 heterocycles. The Morgan fingerprint density at radius 1 is 1.53 bits per heavy atom. The van der Waals surface area contributed by atoms with Crippen molar-refractivity contribution in [1.29, 1.82) is 0 Å². The third-order valence-corrected chi connectivity index (χ3v) is 2.94. The van der Waals surface area contributed by atoms with Crippen molar-refractivity contribution in [3.63, 3.8) is 0 Å². The van der Waals surface area contributed by atoms with Crippen LogP contribution in [-0.2, 0) is 0 Å². The van der Waals surface area contributed by atoms with E-state index in [-0.39, 0.29) is 11.9 Å². The Labute approximate surface area is 108 Å². The van der Waals surface area contributed by atoms with E-state index in [1.807, 2.05) is 6.92 Å². The summed E-state index contributed by atoms with van der Waals surface area (Å²) in [6.07, 6.45) is 7.60. The standard InChI is InChI=1S/C13H19ClN2O/c1-3-4-5-6-10(2)16-13(17)11-7-8-15-9-12(11)14/h7-10H,3-6H2,1-2H3,(H,16,17). The molecular formula is C13H19ClN2O. The molecule has 1 rings (SSSR count). The molecule has 4 heteroatoms. The zero-order valence-electron chi connectivity index (χ0n) is 10.4. The Hall–Kier alpha value is -1.09. The molecule has 0 radical (unpaired) electrons. The average molecular weight is 255 g/mol. The van der Waals surface area contributed by atoms with Crippen molar-refractivity contribution in [1.82, 2.24) is 10.3 Å². The highest BCUT2D eigenvalue weighted by atomic mass is 35.5. The maximum Gasteiger partial charge on any atom is 0.253 e. The molecule has 0 aromatic carbocycles. The van der Waals surface area contributed by atoms with Gasteiger partial charge < -0.3 is 5.32 Å². The first-order valence-corrected chi connectivity index (χ1v) is 6.43. The molecule has 1 atom stereocenters. The number of carbonyl (C=O) groups excluding carboxylic acids is 1. The van der Waals surface area contributed by atoms with Crippen LogP contribution in [0.3, 0.4) is 0 Å². The largest absolute Gasteiger partial charge is 0.350 e. The minimum Gasteiger partial charge on any atom is -0.350 e. The van der Waals surface area contributed by atoms with Gasteiger partial charge in [0.1, 0.15) is 0 Å². The van der Waals surface area contributed by atoms with E-state index >= 15 is 0 Å². The molecule has 1 aromatic rings. The van der Waals surface area contributed by atoms with E-state index in [2.05, 4.69) is 17.2 Å². The third-order valence-electron chi connectivity index (χ3n) is 2.64. The quantitative estimate of drug-likeness (QED) is 0.791. The van der Waals surface area contributed by atoms with Crippen LogP contribution in [0.25, 0.3) is 0 Å². The average Bonchev–Trinajstić information content (AvgIpc) is 2.29. The number of amides is 1. The van der Waals surface area contributed by atoms with Crippen LogP contribution in [0.1, 0.15) is 49.9 Å². The lowest BCUT2D eigenvalue weighted by atomic mass is 10.1. The number of aromatic nitrogens is 1. The zero-order chi connectivity index (χ0) is 12.7. The van der Waals surface area contributed by atoms with E-state index in [0.29, 0.717) is 10.6 Å². The van der Waals surface area contributed by atoms with Crippen LogP contribution >= 0.6 is 11.6 Å². The molecule has 0 aliphatic carbocycles. The van der Waals surface area contributed by atoms with E-state index in [1.165, 1.54) is 19.0 Å². The number of pyridine rings is 1. The highest BCUT2D eigenvalue weighted by Gasteiger charge is 2.12. The van der Waals surface area contributed by atoms with Crippen molar-refractivity contribution in [3.8, 4) is 0 Å². The molecule has 0 bridgehead atoms. The summed E-state index contributed by atoms with van der Waals surface area (Å²) in [5.41, 5.74) is 0.490. The summed E-state index contributed by atoms with van der Waals surface area (Å²) in [6, 6.07) is 1.81. The van der Waals surface area contributed by atoms with Gasteiger partial charge in [0.05, 0.1) is 10.6 Å². The Kier molecular flexibility index (Phi) is 5.98. The lowest BCUT2D eigenvalue weighted by molar-refractivity contribution is 0.0938. The fourth-order valence-electron chi connectivity index (χ4n) is 1.63. The fraction of sp³-hybridized carbons (Fsp3) is 0.538. The number of carbonyl (C=O) groups is 1. The number of nitrogens with one attached hydrogen (secondary N) is 1. The normalized spacial score (nSPS) is 12.2. The monoisotopic (exact) mass is 254 g/mol. The summed E-state index contributed by atoms with van der Waals surface area (Å²) in [4.78, 5) is 15.7. The first-order chi connectivity index (χ1) is 8.15. The van der Waals surface area contributed by atoms with Crippen molar-refractivity contribution in [2.45, 2.75) is 45.6 Å². The smallest absolute Gasteiger partial charge is 0.253 e. The molecule has 0 spiro atoms. The molecule has 1 unspecified atom stereocenters. The second kappa shape index (κ2) is 7.28. The molecule has 1 N–H and O–H groups in total. The number of nitrogens with zero attached hydrogens (tertiary/aromatic N) is 1. The molecule has 0 saturated carbocycles. The molecule has 94 valence electrons. The minimum absolute atomic E-state index is 0.124. The number of hydrogen-bond donors (Lipinski definition) is 1. The lowest BCUT2D eigenvalue weighted by Crippen LogP contribution is -2.32. The van der Waals surface area contributed by atoms with Crippen molar-refractivity contribution in [2.75, 3.05) is 0 Å². The van der Waals surface area contributed by atoms with Gasteiger partial charge in [-0.1, -0.05) is 37.8 Å². The Morgan fingerprint density at radius 2 is 2.29 bits per heavy atom. The lowest BCUT2D eigenvalue weighted by Gasteiger charge is -2.14. The van der Waals surface area contributed by atoms with Crippen LogP contribution in [0.2, 0.25) is 5.02 Å². The summed E-state index contributed by atoms with van der Waals surface area (Å²) in [5, 5.41) is 3.34. The van der Waals surface area contributed by atoms with E-state index in [9.17, 15) is 4.79 Å².